The average Bonchev–Trinajstić information content (AvgIpc) is 3.15. The van der Waals surface area contributed by atoms with Gasteiger partial charge in [0, 0.05) is 24.5 Å². The van der Waals surface area contributed by atoms with Gasteiger partial charge in [0.05, 0.1) is 12.7 Å². The highest BCUT2D eigenvalue weighted by Gasteiger charge is 2.16. The minimum absolute atomic E-state index is 0.00188. The van der Waals surface area contributed by atoms with E-state index in [1.165, 1.54) is 17.0 Å². The van der Waals surface area contributed by atoms with Gasteiger partial charge in [-0.3, -0.25) is 9.59 Å². The molecule has 0 aliphatic heterocycles. The van der Waals surface area contributed by atoms with E-state index in [-0.39, 0.29) is 31.3 Å². The van der Waals surface area contributed by atoms with Crippen LogP contribution in [0.4, 0.5) is 4.39 Å². The van der Waals surface area contributed by atoms with Crippen molar-refractivity contribution in [1.29, 1.82) is 0 Å². The lowest BCUT2D eigenvalue weighted by molar-refractivity contribution is -0.151. The number of likely N-dealkylation sites (N-methyl/N-ethyl adjacent to an activating group) is 1. The standard InChI is InChI=1S/C24H20FNO4/c1-26(13-16-5-4-7-19(25)11-16)22(27)15-30-23(28)12-18-14-29-21-10-9-17-6-2-3-8-20(17)24(18)21/h2-11,14H,12-13,15H2,1H3. The molecule has 6 heteroatoms. The van der Waals surface area contributed by atoms with Crippen LogP contribution in [0.5, 0.6) is 0 Å². The normalized spacial score (nSPS) is 11.0. The highest BCUT2D eigenvalue weighted by atomic mass is 19.1. The van der Waals surface area contributed by atoms with E-state index in [0.717, 1.165) is 16.2 Å². The van der Waals surface area contributed by atoms with Crippen LogP contribution in [0.2, 0.25) is 0 Å². The quantitative estimate of drug-likeness (QED) is 0.444. The molecule has 0 unspecified atom stereocenters. The number of amides is 1. The summed E-state index contributed by atoms with van der Waals surface area (Å²) in [5, 5.41) is 2.92. The van der Waals surface area contributed by atoms with Gasteiger partial charge in [-0.2, -0.15) is 0 Å². The predicted molar refractivity (Wildman–Crippen MR) is 111 cm³/mol. The van der Waals surface area contributed by atoms with E-state index < -0.39 is 5.97 Å². The molecule has 0 saturated heterocycles. The topological polar surface area (TPSA) is 59.8 Å². The molecule has 0 N–H and O–H groups in total. The van der Waals surface area contributed by atoms with E-state index in [2.05, 4.69) is 0 Å². The van der Waals surface area contributed by atoms with Gasteiger partial charge in [-0.15, -0.1) is 0 Å². The van der Waals surface area contributed by atoms with Gasteiger partial charge in [-0.1, -0.05) is 42.5 Å². The Kier molecular flexibility index (Phi) is 5.48. The first kappa shape index (κ1) is 19.6. The molecular formula is C24H20FNO4. The molecule has 0 spiro atoms. The van der Waals surface area contributed by atoms with Crippen molar-refractivity contribution in [1.82, 2.24) is 4.90 Å². The maximum atomic E-state index is 13.3. The largest absolute Gasteiger partial charge is 0.464 e. The predicted octanol–water partition coefficient (Wildman–Crippen LogP) is 4.47. The number of hydrogen-bond acceptors (Lipinski definition) is 4. The molecule has 0 bridgehead atoms. The van der Waals surface area contributed by atoms with E-state index in [1.54, 1.807) is 25.4 Å². The molecule has 5 nitrogen and oxygen atoms in total. The molecule has 1 amide bonds. The first-order valence-corrected chi connectivity index (χ1v) is 9.53. The molecule has 0 atom stereocenters. The van der Waals surface area contributed by atoms with Crippen LogP contribution < -0.4 is 0 Å². The van der Waals surface area contributed by atoms with E-state index in [0.29, 0.717) is 16.7 Å². The summed E-state index contributed by atoms with van der Waals surface area (Å²) in [4.78, 5) is 26.0. The van der Waals surface area contributed by atoms with Gasteiger partial charge in [0.25, 0.3) is 5.91 Å². The van der Waals surface area contributed by atoms with Crippen molar-refractivity contribution in [3.05, 3.63) is 83.9 Å². The fourth-order valence-corrected chi connectivity index (χ4v) is 3.46. The highest BCUT2D eigenvalue weighted by Crippen LogP contribution is 2.30. The summed E-state index contributed by atoms with van der Waals surface area (Å²) in [5.74, 6) is -1.24. The molecule has 30 heavy (non-hydrogen) atoms. The average molecular weight is 405 g/mol. The van der Waals surface area contributed by atoms with Crippen LogP contribution >= 0.6 is 0 Å². The molecule has 0 saturated carbocycles. The number of esters is 1. The zero-order chi connectivity index (χ0) is 21.1. The van der Waals surface area contributed by atoms with Crippen LogP contribution in [0.1, 0.15) is 11.1 Å². The number of hydrogen-bond donors (Lipinski definition) is 0. The third kappa shape index (κ3) is 4.17. The Hall–Kier alpha value is -3.67. The van der Waals surface area contributed by atoms with Crippen molar-refractivity contribution < 1.29 is 23.1 Å². The lowest BCUT2D eigenvalue weighted by atomic mass is 10.0. The van der Waals surface area contributed by atoms with E-state index in [9.17, 15) is 14.0 Å². The number of furan rings is 1. The first-order chi connectivity index (χ1) is 14.5. The van der Waals surface area contributed by atoms with Gasteiger partial charge in [0.1, 0.15) is 11.4 Å². The lowest BCUT2D eigenvalue weighted by Gasteiger charge is -2.17. The van der Waals surface area contributed by atoms with Crippen molar-refractivity contribution in [2.45, 2.75) is 13.0 Å². The Bertz CT molecular complexity index is 1230. The second-order valence-corrected chi connectivity index (χ2v) is 7.14. The van der Waals surface area contributed by atoms with Crippen molar-refractivity contribution in [2.24, 2.45) is 0 Å². The van der Waals surface area contributed by atoms with Crippen molar-refractivity contribution >= 4 is 33.6 Å². The summed E-state index contributed by atoms with van der Waals surface area (Å²) >= 11 is 0. The molecule has 152 valence electrons. The second-order valence-electron chi connectivity index (χ2n) is 7.14. The summed E-state index contributed by atoms with van der Waals surface area (Å²) in [7, 11) is 1.58. The number of carbonyl (C=O) groups is 2. The fraction of sp³-hybridized carbons (Fsp3) is 0.167. The van der Waals surface area contributed by atoms with Crippen LogP contribution in [-0.2, 0) is 27.3 Å². The minimum atomic E-state index is -0.516. The molecule has 1 aromatic heterocycles. The summed E-state index contributed by atoms with van der Waals surface area (Å²) in [6.07, 6.45) is 1.55. The first-order valence-electron chi connectivity index (χ1n) is 9.53. The van der Waals surface area contributed by atoms with Crippen molar-refractivity contribution in [2.75, 3.05) is 13.7 Å². The monoisotopic (exact) mass is 405 g/mol. The van der Waals surface area contributed by atoms with Crippen LogP contribution in [0.15, 0.2) is 71.3 Å². The van der Waals surface area contributed by atoms with Gasteiger partial charge in [-0.05, 0) is 34.5 Å². The molecule has 1 heterocycles. The number of fused-ring (bicyclic) bond motifs is 3. The van der Waals surface area contributed by atoms with Crippen molar-refractivity contribution in [3.63, 3.8) is 0 Å². The summed E-state index contributed by atoms with van der Waals surface area (Å²) in [6.45, 7) is -0.145. The zero-order valence-corrected chi connectivity index (χ0v) is 16.4. The Labute approximate surface area is 172 Å². The Morgan fingerprint density at radius 1 is 1.07 bits per heavy atom. The molecular weight excluding hydrogens is 385 g/mol. The summed E-state index contributed by atoms with van der Waals surface area (Å²) in [5.41, 5.74) is 2.07. The van der Waals surface area contributed by atoms with Crippen LogP contribution in [0, 0.1) is 5.82 Å². The molecule has 0 radical (unpaired) electrons. The van der Waals surface area contributed by atoms with Gasteiger partial charge >= 0.3 is 5.97 Å². The summed E-state index contributed by atoms with van der Waals surface area (Å²) in [6, 6.07) is 17.7. The number of halogens is 1. The molecule has 4 rings (SSSR count). The smallest absolute Gasteiger partial charge is 0.310 e. The molecule has 0 aliphatic carbocycles. The van der Waals surface area contributed by atoms with Crippen LogP contribution in [0.25, 0.3) is 21.7 Å². The number of benzene rings is 3. The van der Waals surface area contributed by atoms with Gasteiger partial charge in [0.15, 0.2) is 6.61 Å². The Morgan fingerprint density at radius 2 is 1.90 bits per heavy atom. The highest BCUT2D eigenvalue weighted by molar-refractivity contribution is 6.08. The van der Waals surface area contributed by atoms with Gasteiger partial charge in [0.2, 0.25) is 0 Å². The van der Waals surface area contributed by atoms with E-state index >= 15 is 0 Å². The molecule has 0 aliphatic rings. The molecule has 4 aromatic rings. The van der Waals surface area contributed by atoms with Crippen molar-refractivity contribution in [3.8, 4) is 0 Å². The maximum Gasteiger partial charge on any atom is 0.310 e. The number of rotatable bonds is 6. The van der Waals surface area contributed by atoms with Gasteiger partial charge in [-0.25, -0.2) is 4.39 Å². The SMILES string of the molecule is CN(Cc1cccc(F)c1)C(=O)COC(=O)Cc1coc2ccc3ccccc3c12. The second kappa shape index (κ2) is 8.37. The summed E-state index contributed by atoms with van der Waals surface area (Å²) < 4.78 is 24.0. The minimum Gasteiger partial charge on any atom is -0.464 e. The third-order valence-corrected chi connectivity index (χ3v) is 4.97. The van der Waals surface area contributed by atoms with E-state index in [1.807, 2.05) is 36.4 Å². The fourth-order valence-electron chi connectivity index (χ4n) is 3.46. The van der Waals surface area contributed by atoms with Crippen LogP contribution in [-0.4, -0.2) is 30.4 Å². The number of nitrogens with zero attached hydrogens (tertiary/aromatic N) is 1. The molecule has 3 aromatic carbocycles. The Morgan fingerprint density at radius 3 is 2.73 bits per heavy atom. The Balaban J connectivity index is 1.39. The number of ether oxygens (including phenoxy) is 1. The number of carbonyl (C=O) groups excluding carboxylic acids is 2. The van der Waals surface area contributed by atoms with Crippen LogP contribution in [0.3, 0.4) is 0 Å². The third-order valence-electron chi connectivity index (χ3n) is 4.97. The maximum absolute atomic E-state index is 13.3. The lowest BCUT2D eigenvalue weighted by Crippen LogP contribution is -2.31. The van der Waals surface area contributed by atoms with E-state index in [4.69, 9.17) is 9.15 Å². The molecule has 0 fully saturated rings. The van der Waals surface area contributed by atoms with Gasteiger partial charge < -0.3 is 14.1 Å². The zero-order valence-electron chi connectivity index (χ0n) is 16.4.